The van der Waals surface area contributed by atoms with E-state index in [1.54, 1.807) is 59.0 Å². The number of fused-ring (bicyclic) bond motifs is 1. The summed E-state index contributed by atoms with van der Waals surface area (Å²) in [6.07, 6.45) is 1.69. The van der Waals surface area contributed by atoms with Crippen LogP contribution in [-0.4, -0.2) is 163 Å². The van der Waals surface area contributed by atoms with E-state index in [1.165, 1.54) is 18.1 Å². The summed E-state index contributed by atoms with van der Waals surface area (Å²) in [5, 5.41) is 19.6. The van der Waals surface area contributed by atoms with E-state index >= 15 is 0 Å². The minimum Gasteiger partial charge on any atom is -0.493 e. The van der Waals surface area contributed by atoms with Gasteiger partial charge in [-0.15, -0.1) is 11.3 Å². The Morgan fingerprint density at radius 2 is 1.69 bits per heavy atom. The zero-order valence-electron chi connectivity index (χ0n) is 43.1. The van der Waals surface area contributed by atoms with Crippen molar-refractivity contribution in [1.29, 1.82) is 0 Å². The minimum atomic E-state index is -3.70. The number of benzene rings is 3. The van der Waals surface area contributed by atoms with Gasteiger partial charge in [-0.25, -0.2) is 13.4 Å². The lowest BCUT2D eigenvalue weighted by molar-refractivity contribution is -0.144. The van der Waals surface area contributed by atoms with Crippen molar-refractivity contribution in [2.75, 3.05) is 76.9 Å². The topological polar surface area (TPSA) is 237 Å². The van der Waals surface area contributed by atoms with E-state index in [-0.39, 0.29) is 67.0 Å². The molecule has 4 N–H and O–H groups in total. The van der Waals surface area contributed by atoms with Gasteiger partial charge in [-0.3, -0.25) is 38.6 Å². The number of unbranched alkanes of at least 4 members (excludes halogenated alkanes) is 1. The summed E-state index contributed by atoms with van der Waals surface area (Å²) in [5.41, 5.74) is 4.79. The fourth-order valence-electron chi connectivity index (χ4n) is 9.65. The largest absolute Gasteiger partial charge is 0.493 e. The van der Waals surface area contributed by atoms with Crippen molar-refractivity contribution in [2.45, 2.75) is 91.1 Å². The van der Waals surface area contributed by atoms with Gasteiger partial charge in [0, 0.05) is 64.1 Å². The van der Waals surface area contributed by atoms with E-state index in [0.29, 0.717) is 69.2 Å². The lowest BCUT2D eigenvalue weighted by Gasteiger charge is -2.35. The highest BCUT2D eigenvalue weighted by atomic mass is 32.2. The molecule has 0 radical (unpaired) electrons. The maximum Gasteiger partial charge on any atom is 0.264 e. The van der Waals surface area contributed by atoms with Gasteiger partial charge in [-0.2, -0.15) is 0 Å². The first kappa shape index (κ1) is 55.3. The van der Waals surface area contributed by atoms with E-state index < -0.39 is 63.0 Å². The maximum atomic E-state index is 14.1. The number of sulfone groups is 1. The number of likely N-dealkylation sites (tertiary alicyclic amines) is 1. The second-order valence-electron chi connectivity index (χ2n) is 20.1. The van der Waals surface area contributed by atoms with Crippen LogP contribution >= 0.6 is 11.3 Å². The van der Waals surface area contributed by atoms with Crippen LogP contribution in [0.3, 0.4) is 0 Å². The summed E-state index contributed by atoms with van der Waals surface area (Å²) in [4.78, 5) is 94.2. The van der Waals surface area contributed by atoms with Crippen molar-refractivity contribution in [2.24, 2.45) is 5.41 Å². The Balaban J connectivity index is 0.859. The monoisotopic (exact) mass is 1060 g/mol. The second kappa shape index (κ2) is 23.8. The molecule has 7 rings (SSSR count). The number of anilines is 1. The molecular formula is C53H68N8O11S2. The van der Waals surface area contributed by atoms with Crippen LogP contribution in [-0.2, 0) is 35.6 Å². The van der Waals surface area contributed by atoms with Crippen LogP contribution < -0.4 is 25.4 Å². The molecule has 0 saturated carbocycles. The number of aliphatic hydroxyl groups is 1. The number of carbonyl (C=O) groups is 6. The van der Waals surface area contributed by atoms with Gasteiger partial charge in [0.15, 0.2) is 11.5 Å². The number of nitrogens with one attached hydrogen (secondary N) is 3. The van der Waals surface area contributed by atoms with Gasteiger partial charge >= 0.3 is 0 Å². The minimum absolute atomic E-state index is 0.0190. The number of rotatable bonds is 21. The summed E-state index contributed by atoms with van der Waals surface area (Å²) >= 11 is 1.56. The first-order chi connectivity index (χ1) is 35.2. The highest BCUT2D eigenvalue weighted by Crippen LogP contribution is 2.39. The van der Waals surface area contributed by atoms with Crippen LogP contribution in [0.15, 0.2) is 66.2 Å². The fraction of sp³-hybridized carbons (Fsp3) is 0.491. The van der Waals surface area contributed by atoms with Crippen molar-refractivity contribution in [3.8, 4) is 21.9 Å². The van der Waals surface area contributed by atoms with Crippen molar-refractivity contribution < 1.29 is 51.8 Å². The third-order valence-corrected chi connectivity index (χ3v) is 15.5. The number of aryl methyl sites for hydroxylation is 1. The Labute approximate surface area is 436 Å². The van der Waals surface area contributed by atoms with Crippen molar-refractivity contribution in [3.63, 3.8) is 0 Å². The zero-order valence-corrected chi connectivity index (χ0v) is 44.8. The number of methoxy groups -OCH3 is 1. The second-order valence-corrected chi connectivity index (χ2v) is 23.2. The van der Waals surface area contributed by atoms with Crippen LogP contribution in [0.25, 0.3) is 10.4 Å². The summed E-state index contributed by atoms with van der Waals surface area (Å²) < 4.78 is 36.5. The number of imide groups is 1. The lowest BCUT2D eigenvalue weighted by atomic mass is 9.85. The number of hydrogen-bond donors (Lipinski definition) is 4. The molecule has 3 aromatic carbocycles. The van der Waals surface area contributed by atoms with Gasteiger partial charge in [0.2, 0.25) is 23.6 Å². The number of amides is 6. The zero-order chi connectivity index (χ0) is 53.5. The molecule has 6 amide bonds. The molecule has 3 aliphatic rings. The number of aromatic nitrogens is 1. The molecule has 398 valence electrons. The predicted octanol–water partition coefficient (Wildman–Crippen LogP) is 4.44. The molecule has 1 aromatic heterocycles. The molecule has 3 aliphatic heterocycles. The van der Waals surface area contributed by atoms with E-state index in [0.717, 1.165) is 32.9 Å². The molecule has 4 heterocycles. The summed E-state index contributed by atoms with van der Waals surface area (Å²) in [5.74, 6) is -2.41. The first-order valence-electron chi connectivity index (χ1n) is 25.0. The van der Waals surface area contributed by atoms with Gasteiger partial charge in [0.25, 0.3) is 11.8 Å². The molecule has 74 heavy (non-hydrogen) atoms. The molecule has 2 saturated heterocycles. The standard InChI is InChI=1S/C53H68N8O11S2/c1-8-72-43-26-36(19-20-42(43)71-6)41(31-74(7,69)70)61-50(66)38-12-11-13-39(46(38)51(61)67)54-29-45(64)59-24-22-58(23-25-59)21-10-9-14-44(63)57-48(53(3,4)5)52(68)60-30-37(62)27-40(60)49(65)55-28-34-15-17-35(18-16-34)47-33(2)56-32-73-47/h11-13,15-20,26,32,37,40-41,48,54,62H,8-10,14,21-25,27-31H2,1-7H3,(H,55,65)(H,57,63)/t37-,40+,41?,48?/m1/s1. The van der Waals surface area contributed by atoms with Gasteiger partial charge < -0.3 is 40.3 Å². The van der Waals surface area contributed by atoms with Crippen LogP contribution in [0, 0.1) is 12.3 Å². The van der Waals surface area contributed by atoms with Gasteiger partial charge in [0.1, 0.15) is 21.9 Å². The molecule has 2 fully saturated rings. The average Bonchev–Trinajstić information content (AvgIpc) is 4.06. The fourth-order valence-corrected chi connectivity index (χ4v) is 11.4. The predicted molar refractivity (Wildman–Crippen MR) is 281 cm³/mol. The first-order valence-corrected chi connectivity index (χ1v) is 27.9. The molecule has 0 aliphatic carbocycles. The van der Waals surface area contributed by atoms with Crippen molar-refractivity contribution in [1.82, 2.24) is 35.2 Å². The number of carbonyl (C=O) groups excluding carboxylic acids is 6. The molecule has 4 atom stereocenters. The summed E-state index contributed by atoms with van der Waals surface area (Å²) in [6.45, 7) is 12.5. The summed E-state index contributed by atoms with van der Waals surface area (Å²) in [7, 11) is -2.23. The Bertz CT molecular complexity index is 2820. The number of piperazine rings is 1. The normalized spacial score (nSPS) is 18.0. The number of ether oxygens (including phenoxy) is 2. The number of β-amino-alcohol motifs (C(OH)–C–C–N with tert-alkyl or cyclic N) is 1. The van der Waals surface area contributed by atoms with Crippen molar-refractivity contribution >= 4 is 62.3 Å². The lowest BCUT2D eigenvalue weighted by Crippen LogP contribution is -2.57. The average molecular weight is 1060 g/mol. The third-order valence-electron chi connectivity index (χ3n) is 13.6. The number of nitrogens with zero attached hydrogens (tertiary/aromatic N) is 5. The molecular weight excluding hydrogens is 989 g/mol. The summed E-state index contributed by atoms with van der Waals surface area (Å²) in [6, 6.07) is 14.3. The molecule has 0 bridgehead atoms. The maximum absolute atomic E-state index is 14.1. The SMILES string of the molecule is CCOc1cc(C(CS(C)(=O)=O)N2C(=O)c3cccc(NCC(=O)N4CCN(CCCCC(=O)NC(C(=O)N5C[C@H](O)C[C@H]5C(=O)NCc5ccc(-c6scnc6C)cc5)C(C)(C)C)CC4)c3C2=O)ccc1OC. The van der Waals surface area contributed by atoms with Gasteiger partial charge in [0.05, 0.1) is 65.4 Å². The molecule has 19 nitrogen and oxygen atoms in total. The quantitative estimate of drug-likeness (QED) is 0.0667. The highest BCUT2D eigenvalue weighted by molar-refractivity contribution is 7.90. The Hall–Kier alpha value is -6.42. The highest BCUT2D eigenvalue weighted by Gasteiger charge is 2.45. The molecule has 4 aromatic rings. The van der Waals surface area contributed by atoms with E-state index in [4.69, 9.17) is 9.47 Å². The molecule has 2 unspecified atom stereocenters. The number of thiazole rings is 1. The molecule has 21 heteroatoms. The Kier molecular flexibility index (Phi) is 17.8. The van der Waals surface area contributed by atoms with Gasteiger partial charge in [-0.1, -0.05) is 57.2 Å². The van der Waals surface area contributed by atoms with E-state index in [9.17, 15) is 42.3 Å². The van der Waals surface area contributed by atoms with Crippen molar-refractivity contribution in [3.05, 3.63) is 94.1 Å². The van der Waals surface area contributed by atoms with Gasteiger partial charge in [-0.05, 0) is 79.6 Å². The van der Waals surface area contributed by atoms with E-state index in [1.807, 2.05) is 52.0 Å². The molecule has 0 spiro atoms. The van der Waals surface area contributed by atoms with E-state index in [2.05, 4.69) is 25.8 Å². The third kappa shape index (κ3) is 13.3. The van der Waals surface area contributed by atoms with Crippen LogP contribution in [0.5, 0.6) is 11.5 Å². The van der Waals surface area contributed by atoms with Crippen LogP contribution in [0.4, 0.5) is 5.69 Å². The smallest absolute Gasteiger partial charge is 0.264 e. The number of aliphatic hydroxyl groups excluding tert-OH is 1. The Morgan fingerprint density at radius 3 is 2.34 bits per heavy atom. The van der Waals surface area contributed by atoms with Crippen LogP contribution in [0.2, 0.25) is 0 Å². The van der Waals surface area contributed by atoms with Crippen LogP contribution in [0.1, 0.15) is 97.0 Å². The number of hydrogen-bond acceptors (Lipinski definition) is 15. The Morgan fingerprint density at radius 1 is 0.959 bits per heavy atom.